The van der Waals surface area contributed by atoms with Crippen LogP contribution < -0.4 is 0 Å². The summed E-state index contributed by atoms with van der Waals surface area (Å²) in [7, 11) is -4.60. The van der Waals surface area contributed by atoms with Crippen molar-refractivity contribution in [3.63, 3.8) is 0 Å². The maximum atomic E-state index is 12.5. The molecule has 0 amide bonds. The second-order valence-corrected chi connectivity index (χ2v) is 13.7. The molecule has 276 valence electrons. The summed E-state index contributed by atoms with van der Waals surface area (Å²) >= 11 is 0. The minimum absolute atomic E-state index is 0.183. The van der Waals surface area contributed by atoms with Gasteiger partial charge in [-0.3, -0.25) is 18.6 Å². The van der Waals surface area contributed by atoms with Gasteiger partial charge in [0.15, 0.2) is 6.10 Å². The standard InChI is InChI=1S/C36H67O10P/c1-3-5-7-9-11-13-14-15-16-17-18-20-21-23-25-27-35(39)43-31-34(32-45-47(41,42)44-30-33(38)29-37)46-36(40)28-26-24-22-19-12-10-8-6-4-2/h11,13,15-16,33-34,37-38H,3-10,12,14,17-32H2,1-2H3,(H,41,42)/b13-11+,16-15+/t33-,34+/m1/s1. The molecule has 3 atom stereocenters. The molecule has 0 aliphatic carbocycles. The van der Waals surface area contributed by atoms with Crippen molar-refractivity contribution in [2.45, 2.75) is 167 Å². The van der Waals surface area contributed by atoms with Gasteiger partial charge in [0.2, 0.25) is 0 Å². The molecular weight excluding hydrogens is 623 g/mol. The monoisotopic (exact) mass is 690 g/mol. The molecule has 0 heterocycles. The quantitative estimate of drug-likeness (QED) is 0.0259. The van der Waals surface area contributed by atoms with Crippen LogP contribution in [0.4, 0.5) is 0 Å². The molecule has 0 saturated carbocycles. The van der Waals surface area contributed by atoms with Crippen molar-refractivity contribution >= 4 is 19.8 Å². The summed E-state index contributed by atoms with van der Waals surface area (Å²) in [5, 5.41) is 18.2. The number of allylic oxidation sites excluding steroid dienone is 4. The molecule has 0 bridgehead atoms. The fourth-order valence-corrected chi connectivity index (χ4v) is 5.52. The third-order valence-electron chi connectivity index (χ3n) is 7.61. The Bertz CT molecular complexity index is 848. The summed E-state index contributed by atoms with van der Waals surface area (Å²) in [5.41, 5.74) is 0. The highest BCUT2D eigenvalue weighted by molar-refractivity contribution is 7.47. The number of ether oxygens (including phenoxy) is 2. The first-order valence-electron chi connectivity index (χ1n) is 18.3. The molecule has 0 saturated heterocycles. The van der Waals surface area contributed by atoms with Gasteiger partial charge >= 0.3 is 19.8 Å². The lowest BCUT2D eigenvalue weighted by Crippen LogP contribution is -2.29. The van der Waals surface area contributed by atoms with Gasteiger partial charge in [-0.1, -0.05) is 122 Å². The van der Waals surface area contributed by atoms with Gasteiger partial charge in [0.05, 0.1) is 19.8 Å². The Kier molecular flexibility index (Phi) is 31.9. The fraction of sp³-hybridized carbons (Fsp3) is 0.833. The molecular formula is C36H67O10P. The largest absolute Gasteiger partial charge is 0.472 e. The van der Waals surface area contributed by atoms with Crippen molar-refractivity contribution in [2.75, 3.05) is 26.4 Å². The average Bonchev–Trinajstić information content (AvgIpc) is 3.05. The number of phosphoric acid groups is 1. The van der Waals surface area contributed by atoms with Crippen LogP contribution in [-0.2, 0) is 32.7 Å². The molecule has 0 aromatic rings. The van der Waals surface area contributed by atoms with Gasteiger partial charge in [-0.05, 0) is 44.9 Å². The molecule has 0 aliphatic rings. The Morgan fingerprint density at radius 3 is 1.68 bits per heavy atom. The predicted molar refractivity (Wildman–Crippen MR) is 187 cm³/mol. The zero-order chi connectivity index (χ0) is 34.9. The number of hydrogen-bond donors (Lipinski definition) is 3. The zero-order valence-corrected chi connectivity index (χ0v) is 30.4. The number of carbonyl (C=O) groups is 2. The average molecular weight is 691 g/mol. The zero-order valence-electron chi connectivity index (χ0n) is 29.5. The van der Waals surface area contributed by atoms with E-state index in [9.17, 15) is 24.2 Å². The number of esters is 2. The summed E-state index contributed by atoms with van der Waals surface area (Å²) in [5.74, 6) is -0.944. The van der Waals surface area contributed by atoms with E-state index in [0.29, 0.717) is 12.8 Å². The van der Waals surface area contributed by atoms with Crippen LogP contribution in [0.5, 0.6) is 0 Å². The minimum Gasteiger partial charge on any atom is -0.462 e. The molecule has 3 N–H and O–H groups in total. The van der Waals surface area contributed by atoms with Crippen LogP contribution in [0.15, 0.2) is 24.3 Å². The van der Waals surface area contributed by atoms with Crippen LogP contribution in [0.25, 0.3) is 0 Å². The fourth-order valence-electron chi connectivity index (χ4n) is 4.73. The molecule has 0 aromatic carbocycles. The third-order valence-corrected chi connectivity index (χ3v) is 8.56. The van der Waals surface area contributed by atoms with Gasteiger partial charge in [0.25, 0.3) is 0 Å². The van der Waals surface area contributed by atoms with Crippen molar-refractivity contribution in [3.8, 4) is 0 Å². The Hall–Kier alpha value is -1.55. The van der Waals surface area contributed by atoms with E-state index in [0.717, 1.165) is 57.8 Å². The van der Waals surface area contributed by atoms with E-state index >= 15 is 0 Å². The van der Waals surface area contributed by atoms with E-state index in [4.69, 9.17) is 19.1 Å². The normalized spacial score (nSPS) is 14.4. The summed E-state index contributed by atoms with van der Waals surface area (Å²) in [4.78, 5) is 34.7. The molecule has 0 fully saturated rings. The van der Waals surface area contributed by atoms with Gasteiger partial charge in [-0.15, -0.1) is 0 Å². The molecule has 0 rings (SSSR count). The van der Waals surface area contributed by atoms with Gasteiger partial charge in [0, 0.05) is 12.8 Å². The third kappa shape index (κ3) is 32.8. The van der Waals surface area contributed by atoms with Crippen molar-refractivity contribution in [2.24, 2.45) is 0 Å². The lowest BCUT2D eigenvalue weighted by Gasteiger charge is -2.20. The van der Waals surface area contributed by atoms with Gasteiger partial charge in [0.1, 0.15) is 12.7 Å². The SMILES string of the molecule is CCCCC/C=C/C/C=C/CCCCCCCC(=O)OC[C@@H](COP(=O)(O)OC[C@H](O)CO)OC(=O)CCCCCCCCCCC. The van der Waals surface area contributed by atoms with E-state index in [2.05, 4.69) is 42.7 Å². The predicted octanol–water partition coefficient (Wildman–Crippen LogP) is 8.66. The lowest BCUT2D eigenvalue weighted by molar-refractivity contribution is -0.161. The maximum Gasteiger partial charge on any atom is 0.472 e. The smallest absolute Gasteiger partial charge is 0.462 e. The summed E-state index contributed by atoms with van der Waals surface area (Å²) < 4.78 is 32.5. The summed E-state index contributed by atoms with van der Waals surface area (Å²) in [6, 6.07) is 0. The number of rotatable bonds is 34. The van der Waals surface area contributed by atoms with Crippen molar-refractivity contribution < 1.29 is 47.8 Å². The second kappa shape index (κ2) is 33.0. The number of hydrogen-bond acceptors (Lipinski definition) is 9. The molecule has 11 heteroatoms. The molecule has 0 radical (unpaired) electrons. The number of aliphatic hydroxyl groups excluding tert-OH is 2. The van der Waals surface area contributed by atoms with Gasteiger partial charge < -0.3 is 24.6 Å². The number of carbonyl (C=O) groups excluding carboxylic acids is 2. The van der Waals surface area contributed by atoms with Crippen molar-refractivity contribution in [3.05, 3.63) is 24.3 Å². The van der Waals surface area contributed by atoms with Crippen LogP contribution in [0.1, 0.15) is 155 Å². The topological polar surface area (TPSA) is 149 Å². The maximum absolute atomic E-state index is 12.5. The Balaban J connectivity index is 4.37. The van der Waals surface area contributed by atoms with Crippen LogP contribution >= 0.6 is 7.82 Å². The molecule has 10 nitrogen and oxygen atoms in total. The van der Waals surface area contributed by atoms with Crippen LogP contribution in [0.3, 0.4) is 0 Å². The van der Waals surface area contributed by atoms with Crippen LogP contribution in [0.2, 0.25) is 0 Å². The first-order chi connectivity index (χ1) is 22.7. The van der Waals surface area contributed by atoms with Gasteiger partial charge in [-0.25, -0.2) is 4.57 Å². The van der Waals surface area contributed by atoms with E-state index in [1.165, 1.54) is 57.8 Å². The summed E-state index contributed by atoms with van der Waals surface area (Å²) in [6.45, 7) is 2.29. The number of aliphatic hydroxyl groups is 2. The highest BCUT2D eigenvalue weighted by Crippen LogP contribution is 2.43. The highest BCUT2D eigenvalue weighted by atomic mass is 31.2. The number of phosphoric ester groups is 1. The minimum atomic E-state index is -4.60. The van der Waals surface area contributed by atoms with Crippen LogP contribution in [-0.4, -0.2) is 65.7 Å². The Labute approximate surface area is 285 Å². The second-order valence-electron chi connectivity index (χ2n) is 12.3. The van der Waals surface area contributed by atoms with Gasteiger partial charge in [-0.2, -0.15) is 0 Å². The summed E-state index contributed by atoms with van der Waals surface area (Å²) in [6.07, 6.45) is 28.7. The first kappa shape index (κ1) is 45.5. The van der Waals surface area contributed by atoms with Crippen LogP contribution in [0, 0.1) is 0 Å². The molecule has 0 aromatic heterocycles. The van der Waals surface area contributed by atoms with E-state index in [1.807, 2.05) is 0 Å². The van der Waals surface area contributed by atoms with E-state index in [-0.39, 0.29) is 19.4 Å². The Morgan fingerprint density at radius 1 is 0.638 bits per heavy atom. The molecule has 47 heavy (non-hydrogen) atoms. The van der Waals surface area contributed by atoms with E-state index < -0.39 is 51.8 Å². The molecule has 1 unspecified atom stereocenters. The number of unbranched alkanes of at least 4 members (excludes halogenated alkanes) is 16. The van der Waals surface area contributed by atoms with Crippen molar-refractivity contribution in [1.29, 1.82) is 0 Å². The Morgan fingerprint density at radius 2 is 1.11 bits per heavy atom. The van der Waals surface area contributed by atoms with E-state index in [1.54, 1.807) is 0 Å². The first-order valence-corrected chi connectivity index (χ1v) is 19.8. The molecule has 0 aliphatic heterocycles. The molecule has 0 spiro atoms. The lowest BCUT2D eigenvalue weighted by atomic mass is 10.1. The van der Waals surface area contributed by atoms with Crippen molar-refractivity contribution in [1.82, 2.24) is 0 Å². The highest BCUT2D eigenvalue weighted by Gasteiger charge is 2.27.